The molecule has 0 saturated heterocycles. The molecule has 0 aliphatic heterocycles. The second-order valence-corrected chi connectivity index (χ2v) is 4.49. The van der Waals surface area contributed by atoms with E-state index < -0.39 is 5.60 Å². The summed E-state index contributed by atoms with van der Waals surface area (Å²) in [6.07, 6.45) is 2.29. The van der Waals surface area contributed by atoms with Crippen LogP contribution >= 0.6 is 0 Å². The minimum atomic E-state index is -0.798. The summed E-state index contributed by atoms with van der Waals surface area (Å²) in [5, 5.41) is 20.0. The molecule has 1 aliphatic carbocycles. The number of hydrogen-bond donors (Lipinski definition) is 2. The SMILES string of the molecule is COc1cccc(C2(O)CCC(O)CC2)c1. The molecule has 3 heteroatoms. The lowest BCUT2D eigenvalue weighted by Gasteiger charge is -2.34. The first-order chi connectivity index (χ1) is 7.64. The Morgan fingerprint density at radius 2 is 2.00 bits per heavy atom. The molecule has 2 N–H and O–H groups in total. The van der Waals surface area contributed by atoms with Gasteiger partial charge in [0.15, 0.2) is 0 Å². The molecule has 3 nitrogen and oxygen atoms in total. The van der Waals surface area contributed by atoms with Crippen molar-refractivity contribution in [1.82, 2.24) is 0 Å². The maximum Gasteiger partial charge on any atom is 0.119 e. The van der Waals surface area contributed by atoms with Crippen LogP contribution in [0.15, 0.2) is 24.3 Å². The van der Waals surface area contributed by atoms with Gasteiger partial charge >= 0.3 is 0 Å². The number of rotatable bonds is 2. The highest BCUT2D eigenvalue weighted by atomic mass is 16.5. The number of ether oxygens (including phenoxy) is 1. The first-order valence-electron chi connectivity index (χ1n) is 5.69. The normalized spacial score (nSPS) is 30.1. The van der Waals surface area contributed by atoms with Crippen LogP contribution in [0.25, 0.3) is 0 Å². The van der Waals surface area contributed by atoms with Gasteiger partial charge < -0.3 is 14.9 Å². The van der Waals surface area contributed by atoms with Gasteiger partial charge in [0.1, 0.15) is 5.75 Å². The number of hydrogen-bond acceptors (Lipinski definition) is 3. The fraction of sp³-hybridized carbons (Fsp3) is 0.538. The highest BCUT2D eigenvalue weighted by molar-refractivity contribution is 5.32. The lowest BCUT2D eigenvalue weighted by Crippen LogP contribution is -2.33. The zero-order chi connectivity index (χ0) is 11.6. The minimum absolute atomic E-state index is 0.258. The quantitative estimate of drug-likeness (QED) is 0.802. The van der Waals surface area contributed by atoms with E-state index in [1.54, 1.807) is 7.11 Å². The van der Waals surface area contributed by atoms with Gasteiger partial charge in [-0.3, -0.25) is 0 Å². The van der Waals surface area contributed by atoms with E-state index in [1.807, 2.05) is 24.3 Å². The van der Waals surface area contributed by atoms with E-state index in [1.165, 1.54) is 0 Å². The van der Waals surface area contributed by atoms with E-state index in [-0.39, 0.29) is 6.10 Å². The Labute approximate surface area is 95.7 Å². The molecule has 0 radical (unpaired) electrons. The molecule has 1 aromatic carbocycles. The van der Waals surface area contributed by atoms with Crippen LogP contribution < -0.4 is 4.74 Å². The van der Waals surface area contributed by atoms with E-state index in [9.17, 15) is 10.2 Å². The summed E-state index contributed by atoms with van der Waals surface area (Å²) in [6.45, 7) is 0. The molecule has 1 saturated carbocycles. The lowest BCUT2D eigenvalue weighted by molar-refractivity contribution is -0.0362. The Hall–Kier alpha value is -1.06. The third-order valence-electron chi connectivity index (χ3n) is 3.39. The Morgan fingerprint density at radius 3 is 2.62 bits per heavy atom. The van der Waals surface area contributed by atoms with Crippen molar-refractivity contribution >= 4 is 0 Å². The largest absolute Gasteiger partial charge is 0.497 e. The van der Waals surface area contributed by atoms with Crippen molar-refractivity contribution in [3.8, 4) is 5.75 Å². The van der Waals surface area contributed by atoms with Crippen LogP contribution in [0.3, 0.4) is 0 Å². The molecule has 1 aromatic rings. The summed E-state index contributed by atoms with van der Waals surface area (Å²) in [5.74, 6) is 0.761. The fourth-order valence-corrected chi connectivity index (χ4v) is 2.28. The first kappa shape index (κ1) is 11.4. The van der Waals surface area contributed by atoms with Gasteiger partial charge in [-0.1, -0.05) is 12.1 Å². The molecule has 0 spiro atoms. The molecular weight excluding hydrogens is 204 g/mol. The predicted octanol–water partition coefficient (Wildman–Crippen LogP) is 1.82. The fourth-order valence-electron chi connectivity index (χ4n) is 2.28. The zero-order valence-electron chi connectivity index (χ0n) is 9.52. The van der Waals surface area contributed by atoms with Gasteiger partial charge in [0, 0.05) is 0 Å². The van der Waals surface area contributed by atoms with Gasteiger partial charge in [0.05, 0.1) is 18.8 Å². The summed E-state index contributed by atoms with van der Waals surface area (Å²) < 4.78 is 5.15. The third-order valence-corrected chi connectivity index (χ3v) is 3.39. The van der Waals surface area contributed by atoms with Gasteiger partial charge in [-0.15, -0.1) is 0 Å². The molecule has 0 unspecified atom stereocenters. The van der Waals surface area contributed by atoms with Crippen molar-refractivity contribution < 1.29 is 14.9 Å². The minimum Gasteiger partial charge on any atom is -0.497 e. The summed E-state index contributed by atoms with van der Waals surface area (Å²) >= 11 is 0. The van der Waals surface area contributed by atoms with Crippen molar-refractivity contribution in [3.63, 3.8) is 0 Å². The number of benzene rings is 1. The lowest BCUT2D eigenvalue weighted by atomic mass is 9.78. The van der Waals surface area contributed by atoms with Crippen molar-refractivity contribution in [1.29, 1.82) is 0 Å². The molecule has 16 heavy (non-hydrogen) atoms. The second kappa shape index (κ2) is 4.44. The van der Waals surface area contributed by atoms with Gasteiger partial charge in [0.25, 0.3) is 0 Å². The molecule has 1 aliphatic rings. The molecule has 0 atom stereocenters. The number of methoxy groups -OCH3 is 1. The van der Waals surface area contributed by atoms with Gasteiger partial charge in [-0.25, -0.2) is 0 Å². The van der Waals surface area contributed by atoms with E-state index in [4.69, 9.17) is 4.74 Å². The van der Waals surface area contributed by atoms with Crippen molar-refractivity contribution in [2.45, 2.75) is 37.4 Å². The Balaban J connectivity index is 2.21. The number of aliphatic hydroxyl groups is 2. The topological polar surface area (TPSA) is 49.7 Å². The highest BCUT2D eigenvalue weighted by Gasteiger charge is 2.34. The van der Waals surface area contributed by atoms with Crippen LogP contribution in [0.4, 0.5) is 0 Å². The summed E-state index contributed by atoms with van der Waals surface area (Å²) in [7, 11) is 1.62. The van der Waals surface area contributed by atoms with Gasteiger partial charge in [-0.05, 0) is 43.4 Å². The third kappa shape index (κ3) is 2.20. The molecule has 0 heterocycles. The standard InChI is InChI=1S/C13H18O3/c1-16-12-4-2-3-10(9-12)13(15)7-5-11(14)6-8-13/h2-4,9,11,14-15H,5-8H2,1H3. The average Bonchev–Trinajstić information content (AvgIpc) is 2.33. The Morgan fingerprint density at radius 1 is 1.31 bits per heavy atom. The van der Waals surface area contributed by atoms with E-state index >= 15 is 0 Å². The Bertz CT molecular complexity index is 354. The second-order valence-electron chi connectivity index (χ2n) is 4.49. The first-order valence-corrected chi connectivity index (χ1v) is 5.69. The number of aliphatic hydroxyl groups excluding tert-OH is 1. The maximum atomic E-state index is 10.5. The maximum absolute atomic E-state index is 10.5. The van der Waals surface area contributed by atoms with Crippen LogP contribution in [0.2, 0.25) is 0 Å². The molecule has 0 bridgehead atoms. The predicted molar refractivity (Wildman–Crippen MR) is 61.4 cm³/mol. The van der Waals surface area contributed by atoms with Crippen LogP contribution in [0, 0.1) is 0 Å². The molecule has 88 valence electrons. The Kier molecular flexibility index (Phi) is 3.17. The van der Waals surface area contributed by atoms with Crippen LogP contribution in [-0.4, -0.2) is 23.4 Å². The van der Waals surface area contributed by atoms with Crippen molar-refractivity contribution in [2.24, 2.45) is 0 Å². The molecule has 1 fully saturated rings. The van der Waals surface area contributed by atoms with E-state index in [2.05, 4.69) is 0 Å². The zero-order valence-corrected chi connectivity index (χ0v) is 9.52. The van der Waals surface area contributed by atoms with E-state index in [0.29, 0.717) is 25.7 Å². The smallest absolute Gasteiger partial charge is 0.119 e. The molecular formula is C13H18O3. The van der Waals surface area contributed by atoms with Crippen molar-refractivity contribution in [2.75, 3.05) is 7.11 Å². The van der Waals surface area contributed by atoms with E-state index in [0.717, 1.165) is 11.3 Å². The van der Waals surface area contributed by atoms with Crippen LogP contribution in [0.1, 0.15) is 31.2 Å². The summed E-state index contributed by atoms with van der Waals surface area (Å²) in [5.41, 5.74) is 0.0899. The van der Waals surface area contributed by atoms with Crippen LogP contribution in [-0.2, 0) is 5.60 Å². The van der Waals surface area contributed by atoms with Gasteiger partial charge in [-0.2, -0.15) is 0 Å². The van der Waals surface area contributed by atoms with Crippen LogP contribution in [0.5, 0.6) is 5.75 Å². The molecule has 2 rings (SSSR count). The monoisotopic (exact) mass is 222 g/mol. The summed E-state index contributed by atoms with van der Waals surface area (Å²) in [4.78, 5) is 0. The van der Waals surface area contributed by atoms with Crippen molar-refractivity contribution in [3.05, 3.63) is 29.8 Å². The summed E-state index contributed by atoms with van der Waals surface area (Å²) in [6, 6.07) is 7.54. The molecule has 0 aromatic heterocycles. The average molecular weight is 222 g/mol. The van der Waals surface area contributed by atoms with Gasteiger partial charge in [0.2, 0.25) is 0 Å². The molecule has 0 amide bonds. The highest BCUT2D eigenvalue weighted by Crippen LogP contribution is 2.37.